The van der Waals surface area contributed by atoms with Crippen molar-refractivity contribution in [3.63, 3.8) is 0 Å². The Morgan fingerprint density at radius 1 is 1.20 bits per heavy atom. The third-order valence-electron chi connectivity index (χ3n) is 6.24. The average molecular weight is 441 g/mol. The van der Waals surface area contributed by atoms with Crippen molar-refractivity contribution in [3.8, 4) is 0 Å². The highest BCUT2D eigenvalue weighted by Gasteiger charge is 2.45. The highest BCUT2D eigenvalue weighted by Crippen LogP contribution is 2.35. The number of hydrogen-bond donors (Lipinski definition) is 3. The number of ether oxygens (including phenoxy) is 1. The summed E-state index contributed by atoms with van der Waals surface area (Å²) in [6, 6.07) is 8.81. The average Bonchev–Trinajstić information content (AvgIpc) is 3.03. The lowest BCUT2D eigenvalue weighted by Gasteiger charge is -2.33. The van der Waals surface area contributed by atoms with Crippen LogP contribution < -0.4 is 4.72 Å². The van der Waals surface area contributed by atoms with Gasteiger partial charge in [-0.1, -0.05) is 30.3 Å². The largest absolute Gasteiger partial charge is 0.465 e. The zero-order chi connectivity index (χ0) is 21.7. The van der Waals surface area contributed by atoms with E-state index in [9.17, 15) is 23.4 Å². The van der Waals surface area contributed by atoms with Gasteiger partial charge >= 0.3 is 6.09 Å². The van der Waals surface area contributed by atoms with Crippen LogP contribution in [0.3, 0.4) is 0 Å². The summed E-state index contributed by atoms with van der Waals surface area (Å²) >= 11 is 0. The number of benzene rings is 1. The van der Waals surface area contributed by atoms with Gasteiger partial charge in [0.15, 0.2) is 0 Å². The number of nitrogens with one attached hydrogen (secondary N) is 1. The molecule has 1 aliphatic heterocycles. The van der Waals surface area contributed by atoms with Gasteiger partial charge in [-0.3, -0.25) is 4.90 Å². The molecule has 0 radical (unpaired) electrons. The van der Waals surface area contributed by atoms with E-state index in [1.807, 2.05) is 6.07 Å². The zero-order valence-corrected chi connectivity index (χ0v) is 18.1. The summed E-state index contributed by atoms with van der Waals surface area (Å²) in [4.78, 5) is 13.1. The maximum Gasteiger partial charge on any atom is 0.407 e. The molecule has 1 heterocycles. The Morgan fingerprint density at radius 2 is 1.87 bits per heavy atom. The predicted molar refractivity (Wildman–Crippen MR) is 113 cm³/mol. The first-order valence-electron chi connectivity index (χ1n) is 10.5. The standard InChI is InChI=1S/C21H32N2O6S/c1-30(27,28)22-19-13-17(11-12-24)23(21(25)26)20(19)14-29-18-9-7-16(8-10-18)15-5-3-2-4-6-15/h2-6,16-20,22,24H,7-14H2,1H3,(H,25,26)/t16-,17?,18+,19?,20?. The molecular formula is C21H32N2O6S. The van der Waals surface area contributed by atoms with Crippen molar-refractivity contribution >= 4 is 16.1 Å². The molecular weight excluding hydrogens is 408 g/mol. The van der Waals surface area contributed by atoms with E-state index in [1.165, 1.54) is 10.5 Å². The minimum absolute atomic E-state index is 0.0383. The van der Waals surface area contributed by atoms with Gasteiger partial charge in [0, 0.05) is 18.7 Å². The predicted octanol–water partition coefficient (Wildman–Crippen LogP) is 2.15. The van der Waals surface area contributed by atoms with Crippen molar-refractivity contribution in [2.75, 3.05) is 19.5 Å². The first-order valence-corrected chi connectivity index (χ1v) is 12.4. The zero-order valence-electron chi connectivity index (χ0n) is 17.3. The molecule has 1 aromatic carbocycles. The monoisotopic (exact) mass is 440 g/mol. The van der Waals surface area contributed by atoms with Crippen LogP contribution in [0.4, 0.5) is 4.79 Å². The number of carboxylic acid groups (broad SMARTS) is 1. The minimum Gasteiger partial charge on any atom is -0.465 e. The normalized spacial score (nSPS) is 29.8. The molecule has 0 bridgehead atoms. The molecule has 0 spiro atoms. The second-order valence-electron chi connectivity index (χ2n) is 8.37. The Bertz CT molecular complexity index is 795. The molecule has 168 valence electrons. The van der Waals surface area contributed by atoms with Crippen molar-refractivity contribution < 1.29 is 28.2 Å². The van der Waals surface area contributed by atoms with E-state index in [4.69, 9.17) is 4.74 Å². The molecule has 2 fully saturated rings. The lowest BCUT2D eigenvalue weighted by molar-refractivity contribution is -0.00854. The van der Waals surface area contributed by atoms with Crippen molar-refractivity contribution in [3.05, 3.63) is 35.9 Å². The molecule has 1 saturated heterocycles. The molecule has 1 aliphatic carbocycles. The van der Waals surface area contributed by atoms with Gasteiger partial charge in [0.1, 0.15) is 0 Å². The van der Waals surface area contributed by atoms with Gasteiger partial charge in [-0.2, -0.15) is 0 Å². The van der Waals surface area contributed by atoms with Crippen molar-refractivity contribution in [1.82, 2.24) is 9.62 Å². The lowest BCUT2D eigenvalue weighted by Crippen LogP contribution is -2.50. The fraction of sp³-hybridized carbons (Fsp3) is 0.667. The van der Waals surface area contributed by atoms with E-state index >= 15 is 0 Å². The van der Waals surface area contributed by atoms with Gasteiger partial charge in [0.2, 0.25) is 10.0 Å². The highest BCUT2D eigenvalue weighted by molar-refractivity contribution is 7.88. The Kier molecular flexibility index (Phi) is 7.73. The van der Waals surface area contributed by atoms with E-state index in [-0.39, 0.29) is 25.7 Å². The van der Waals surface area contributed by atoms with Crippen LogP contribution in [-0.4, -0.2) is 73.3 Å². The molecule has 3 atom stereocenters. The molecule has 8 nitrogen and oxygen atoms in total. The highest BCUT2D eigenvalue weighted by atomic mass is 32.2. The van der Waals surface area contributed by atoms with Crippen LogP contribution in [0.1, 0.15) is 50.0 Å². The van der Waals surface area contributed by atoms with Crippen LogP contribution in [0.5, 0.6) is 0 Å². The Labute approximate surface area is 178 Å². The summed E-state index contributed by atoms with van der Waals surface area (Å²) in [6.45, 7) is -0.0147. The number of amides is 1. The first kappa shape index (κ1) is 23.0. The van der Waals surface area contributed by atoms with Gasteiger partial charge in [-0.05, 0) is 50.0 Å². The molecule has 9 heteroatoms. The molecule has 2 aliphatic rings. The number of aliphatic hydroxyl groups excluding tert-OH is 1. The van der Waals surface area contributed by atoms with E-state index in [1.54, 1.807) is 0 Å². The molecule has 1 amide bonds. The second kappa shape index (κ2) is 10.1. The van der Waals surface area contributed by atoms with Crippen LogP contribution >= 0.6 is 0 Å². The number of nitrogens with zero attached hydrogens (tertiary/aromatic N) is 1. The van der Waals surface area contributed by atoms with E-state index in [2.05, 4.69) is 29.0 Å². The number of carbonyl (C=O) groups is 1. The van der Waals surface area contributed by atoms with Crippen molar-refractivity contribution in [2.24, 2.45) is 0 Å². The molecule has 0 aromatic heterocycles. The van der Waals surface area contributed by atoms with Crippen molar-refractivity contribution in [2.45, 2.75) is 68.7 Å². The Hall–Kier alpha value is -1.68. The van der Waals surface area contributed by atoms with Crippen LogP contribution in [0, 0.1) is 0 Å². The van der Waals surface area contributed by atoms with E-state index in [0.717, 1.165) is 31.9 Å². The molecule has 3 N–H and O–H groups in total. The summed E-state index contributed by atoms with van der Waals surface area (Å²) in [5, 5.41) is 19.0. The second-order valence-corrected chi connectivity index (χ2v) is 10.2. The van der Waals surface area contributed by atoms with E-state index in [0.29, 0.717) is 12.3 Å². The fourth-order valence-electron chi connectivity index (χ4n) is 4.85. The lowest BCUT2D eigenvalue weighted by atomic mass is 9.83. The third-order valence-corrected chi connectivity index (χ3v) is 6.97. The topological polar surface area (TPSA) is 116 Å². The molecule has 3 unspecified atom stereocenters. The number of hydrogen-bond acceptors (Lipinski definition) is 5. The Balaban J connectivity index is 1.61. The van der Waals surface area contributed by atoms with Crippen LogP contribution in [0.2, 0.25) is 0 Å². The Morgan fingerprint density at radius 3 is 2.43 bits per heavy atom. The minimum atomic E-state index is -3.50. The maximum absolute atomic E-state index is 11.9. The number of sulfonamides is 1. The van der Waals surface area contributed by atoms with Gasteiger partial charge in [-0.25, -0.2) is 17.9 Å². The van der Waals surface area contributed by atoms with Crippen LogP contribution in [-0.2, 0) is 14.8 Å². The van der Waals surface area contributed by atoms with Gasteiger partial charge in [0.25, 0.3) is 0 Å². The number of likely N-dealkylation sites (tertiary alicyclic amines) is 1. The van der Waals surface area contributed by atoms with Crippen molar-refractivity contribution in [1.29, 1.82) is 0 Å². The molecule has 3 rings (SSSR count). The summed E-state index contributed by atoms with van der Waals surface area (Å²) in [5.41, 5.74) is 1.34. The number of aliphatic hydroxyl groups is 1. The van der Waals surface area contributed by atoms with Crippen LogP contribution in [0.15, 0.2) is 30.3 Å². The van der Waals surface area contributed by atoms with Gasteiger partial charge < -0.3 is 14.9 Å². The molecule has 1 saturated carbocycles. The summed E-state index contributed by atoms with van der Waals surface area (Å²) in [7, 11) is -3.50. The summed E-state index contributed by atoms with van der Waals surface area (Å²) < 4.78 is 32.2. The first-order chi connectivity index (χ1) is 14.3. The maximum atomic E-state index is 11.9. The van der Waals surface area contributed by atoms with E-state index < -0.39 is 34.2 Å². The quantitative estimate of drug-likeness (QED) is 0.570. The number of rotatable bonds is 8. The van der Waals surface area contributed by atoms with Gasteiger partial charge in [-0.15, -0.1) is 0 Å². The fourth-order valence-corrected chi connectivity index (χ4v) is 5.66. The van der Waals surface area contributed by atoms with Gasteiger partial charge in [0.05, 0.1) is 25.0 Å². The third kappa shape index (κ3) is 5.94. The van der Waals surface area contributed by atoms with Crippen LogP contribution in [0.25, 0.3) is 0 Å². The summed E-state index contributed by atoms with van der Waals surface area (Å²) in [6.07, 6.45) is 4.40. The SMILES string of the molecule is CS(=O)(=O)NC1CC(CCO)N(C(=O)O)C1CO[C@H]1CC[C@@H](c2ccccc2)CC1. The summed E-state index contributed by atoms with van der Waals surface area (Å²) in [5.74, 6) is 0.515. The molecule has 30 heavy (non-hydrogen) atoms. The molecule has 1 aromatic rings. The smallest absolute Gasteiger partial charge is 0.407 e.